The third-order valence-electron chi connectivity index (χ3n) is 6.47. The zero-order chi connectivity index (χ0) is 24.1. The molecule has 2 fully saturated rings. The molecule has 0 radical (unpaired) electrons. The molecule has 0 bridgehead atoms. The van der Waals surface area contributed by atoms with Crippen molar-refractivity contribution < 1.29 is 18.8 Å². The standard InChI is InChI=1S/C23H22ClFN6O3/c1-11-5-17-14(9-27-11)21(22(26)33)29-30(17)10-19(32)31-16-6-13(16)7-18(31)23(34)28-8-12-3-2-4-15(24)20(12)25/h2-5,9,13,16,18H,6-8,10H2,1H3,(H2,26,33)(H,28,34)/t13?,16-,18+/m1/s1. The molecule has 1 unspecified atom stereocenters. The van der Waals surface area contributed by atoms with Gasteiger partial charge in [-0.3, -0.25) is 24.0 Å². The van der Waals surface area contributed by atoms with Gasteiger partial charge in [0.05, 0.1) is 15.9 Å². The third kappa shape index (κ3) is 3.87. The summed E-state index contributed by atoms with van der Waals surface area (Å²) in [7, 11) is 0. The van der Waals surface area contributed by atoms with Crippen LogP contribution in [0.1, 0.15) is 34.6 Å². The number of nitrogens with zero attached hydrogens (tertiary/aromatic N) is 4. The second kappa shape index (κ2) is 8.35. The van der Waals surface area contributed by atoms with Gasteiger partial charge < -0.3 is 16.0 Å². The maximum Gasteiger partial charge on any atom is 0.269 e. The normalized spacial score (nSPS) is 20.9. The Morgan fingerprint density at radius 2 is 2.09 bits per heavy atom. The van der Waals surface area contributed by atoms with Gasteiger partial charge in [-0.1, -0.05) is 23.7 Å². The summed E-state index contributed by atoms with van der Waals surface area (Å²) in [6, 6.07) is 5.67. The van der Waals surface area contributed by atoms with Gasteiger partial charge in [-0.25, -0.2) is 4.39 Å². The smallest absolute Gasteiger partial charge is 0.269 e. The predicted molar refractivity (Wildman–Crippen MR) is 121 cm³/mol. The zero-order valence-electron chi connectivity index (χ0n) is 18.3. The summed E-state index contributed by atoms with van der Waals surface area (Å²) in [5.41, 5.74) is 7.03. The number of carbonyl (C=O) groups excluding carboxylic acids is 3. The van der Waals surface area contributed by atoms with Crippen LogP contribution < -0.4 is 11.1 Å². The van der Waals surface area contributed by atoms with Gasteiger partial charge in [-0.2, -0.15) is 5.10 Å². The maximum absolute atomic E-state index is 14.2. The fourth-order valence-corrected chi connectivity index (χ4v) is 4.91. The van der Waals surface area contributed by atoms with Gasteiger partial charge in [0.15, 0.2) is 5.69 Å². The number of nitrogens with one attached hydrogen (secondary N) is 1. The first kappa shape index (κ1) is 22.3. The van der Waals surface area contributed by atoms with E-state index in [1.165, 1.54) is 16.9 Å². The maximum atomic E-state index is 14.2. The molecule has 1 aliphatic carbocycles. The number of benzene rings is 1. The van der Waals surface area contributed by atoms with Crippen LogP contribution in [0, 0.1) is 18.7 Å². The number of aromatic nitrogens is 3. The van der Waals surface area contributed by atoms with E-state index in [2.05, 4.69) is 15.4 Å². The van der Waals surface area contributed by atoms with Crippen LogP contribution in [0.15, 0.2) is 30.5 Å². The van der Waals surface area contributed by atoms with Crippen molar-refractivity contribution >= 4 is 40.2 Å². The fraction of sp³-hybridized carbons (Fsp3) is 0.348. The number of likely N-dealkylation sites (tertiary alicyclic amines) is 1. The predicted octanol–water partition coefficient (Wildman–Crippen LogP) is 1.94. The quantitative estimate of drug-likeness (QED) is 0.553. The molecule has 176 valence electrons. The lowest BCUT2D eigenvalue weighted by atomic mass is 10.1. The van der Waals surface area contributed by atoms with Crippen molar-refractivity contribution in [3.8, 4) is 0 Å². The number of aryl methyl sites for hydroxylation is 1. The summed E-state index contributed by atoms with van der Waals surface area (Å²) in [6.07, 6.45) is 2.90. The number of hydrogen-bond acceptors (Lipinski definition) is 5. The van der Waals surface area contributed by atoms with E-state index in [0.717, 1.165) is 6.42 Å². The molecule has 1 aromatic carbocycles. The van der Waals surface area contributed by atoms with Crippen molar-refractivity contribution in [3.63, 3.8) is 0 Å². The number of hydrogen-bond donors (Lipinski definition) is 2. The van der Waals surface area contributed by atoms with Crippen LogP contribution in [-0.4, -0.2) is 49.5 Å². The Hall–Kier alpha value is -3.53. The number of fused-ring (bicyclic) bond motifs is 2. The Morgan fingerprint density at radius 1 is 1.29 bits per heavy atom. The Morgan fingerprint density at radius 3 is 2.85 bits per heavy atom. The molecular weight excluding hydrogens is 463 g/mol. The number of halogens is 2. The second-order valence-corrected chi connectivity index (χ2v) is 9.17. The van der Waals surface area contributed by atoms with Crippen LogP contribution in [0.2, 0.25) is 5.02 Å². The topological polar surface area (TPSA) is 123 Å². The third-order valence-corrected chi connectivity index (χ3v) is 6.76. The minimum Gasteiger partial charge on any atom is -0.364 e. The van der Waals surface area contributed by atoms with Crippen LogP contribution in [0.25, 0.3) is 10.9 Å². The number of nitrogens with two attached hydrogens (primary N) is 1. The zero-order valence-corrected chi connectivity index (χ0v) is 19.1. The Bertz CT molecular complexity index is 1340. The SMILES string of the molecule is Cc1cc2c(cn1)c(C(N)=O)nn2CC(=O)N1[C@@H]2CC2C[C@H]1C(=O)NCc1cccc(Cl)c1F. The molecule has 1 saturated heterocycles. The van der Waals surface area contributed by atoms with E-state index in [0.29, 0.717) is 23.0 Å². The second-order valence-electron chi connectivity index (χ2n) is 8.76. The molecule has 3 amide bonds. The lowest BCUT2D eigenvalue weighted by molar-refractivity contribution is -0.140. The van der Waals surface area contributed by atoms with Gasteiger partial charge in [0.2, 0.25) is 11.8 Å². The van der Waals surface area contributed by atoms with Gasteiger partial charge in [0, 0.05) is 30.0 Å². The number of piperidine rings is 1. The molecule has 5 rings (SSSR count). The number of amides is 3. The average molecular weight is 485 g/mol. The number of rotatable bonds is 6. The van der Waals surface area contributed by atoms with Crippen LogP contribution in [0.5, 0.6) is 0 Å². The van der Waals surface area contributed by atoms with E-state index in [-0.39, 0.29) is 53.1 Å². The highest BCUT2D eigenvalue weighted by molar-refractivity contribution is 6.30. The van der Waals surface area contributed by atoms with Crippen LogP contribution in [0.4, 0.5) is 4.39 Å². The number of carbonyl (C=O) groups is 3. The fourth-order valence-electron chi connectivity index (χ4n) is 4.72. The Labute approximate surface area is 199 Å². The first-order valence-electron chi connectivity index (χ1n) is 10.9. The number of primary amides is 1. The van der Waals surface area contributed by atoms with Crippen LogP contribution >= 0.6 is 11.6 Å². The Kier molecular flexibility index (Phi) is 5.47. The van der Waals surface area contributed by atoms with Crippen molar-refractivity contribution in [2.45, 2.75) is 44.9 Å². The van der Waals surface area contributed by atoms with E-state index >= 15 is 0 Å². The molecule has 11 heteroatoms. The minimum absolute atomic E-state index is 0.00741. The summed E-state index contributed by atoms with van der Waals surface area (Å²) >= 11 is 5.81. The lowest BCUT2D eigenvalue weighted by Gasteiger charge is -2.27. The van der Waals surface area contributed by atoms with E-state index in [9.17, 15) is 18.8 Å². The average Bonchev–Trinajstić information content (AvgIpc) is 3.31. The monoisotopic (exact) mass is 484 g/mol. The van der Waals surface area contributed by atoms with E-state index < -0.39 is 17.8 Å². The molecule has 3 aromatic rings. The van der Waals surface area contributed by atoms with Crippen molar-refractivity contribution in [2.24, 2.45) is 11.7 Å². The van der Waals surface area contributed by atoms with E-state index in [1.54, 1.807) is 30.0 Å². The van der Waals surface area contributed by atoms with Gasteiger partial charge in [-0.15, -0.1) is 0 Å². The molecule has 34 heavy (non-hydrogen) atoms. The van der Waals surface area contributed by atoms with Crippen LogP contribution in [0.3, 0.4) is 0 Å². The highest BCUT2D eigenvalue weighted by Gasteiger charge is 2.56. The number of pyridine rings is 1. The summed E-state index contributed by atoms with van der Waals surface area (Å²) in [5, 5.41) is 7.43. The summed E-state index contributed by atoms with van der Waals surface area (Å²) < 4.78 is 15.6. The molecule has 1 aliphatic heterocycles. The van der Waals surface area contributed by atoms with E-state index in [4.69, 9.17) is 17.3 Å². The first-order chi connectivity index (χ1) is 16.2. The summed E-state index contributed by atoms with van der Waals surface area (Å²) in [6.45, 7) is 1.61. The molecule has 2 aromatic heterocycles. The lowest BCUT2D eigenvalue weighted by Crippen LogP contribution is -2.48. The molecule has 2 aliphatic rings. The summed E-state index contributed by atoms with van der Waals surface area (Å²) in [5.74, 6) is -1.65. The van der Waals surface area contributed by atoms with Crippen molar-refractivity contribution in [2.75, 3.05) is 0 Å². The molecule has 3 atom stereocenters. The molecule has 3 N–H and O–H groups in total. The van der Waals surface area contributed by atoms with Gasteiger partial charge in [0.25, 0.3) is 5.91 Å². The van der Waals surface area contributed by atoms with Gasteiger partial charge >= 0.3 is 0 Å². The molecule has 9 nitrogen and oxygen atoms in total. The molecular formula is C23H22ClFN6O3. The van der Waals surface area contributed by atoms with Gasteiger partial charge in [-0.05, 0) is 37.8 Å². The van der Waals surface area contributed by atoms with Crippen molar-refractivity contribution in [3.05, 3.63) is 58.3 Å². The van der Waals surface area contributed by atoms with Crippen LogP contribution in [-0.2, 0) is 22.7 Å². The largest absolute Gasteiger partial charge is 0.364 e. The highest BCUT2D eigenvalue weighted by atomic mass is 35.5. The Balaban J connectivity index is 1.34. The highest BCUT2D eigenvalue weighted by Crippen LogP contribution is 2.48. The van der Waals surface area contributed by atoms with Crippen molar-refractivity contribution in [1.29, 1.82) is 0 Å². The molecule has 3 heterocycles. The molecule has 1 saturated carbocycles. The first-order valence-corrected chi connectivity index (χ1v) is 11.3. The van der Waals surface area contributed by atoms with E-state index in [1.807, 2.05) is 0 Å². The van der Waals surface area contributed by atoms with Crippen molar-refractivity contribution in [1.82, 2.24) is 25.0 Å². The minimum atomic E-state index is -0.712. The summed E-state index contributed by atoms with van der Waals surface area (Å²) in [4.78, 5) is 43.9. The van der Waals surface area contributed by atoms with Gasteiger partial charge in [0.1, 0.15) is 18.4 Å². The molecule has 0 spiro atoms.